The molecule has 2 aromatic carbocycles. The molecular formula is C14H11ClN2O4. The summed E-state index contributed by atoms with van der Waals surface area (Å²) in [6.07, 6.45) is 0. The lowest BCUT2D eigenvalue weighted by atomic mass is 10.1. The van der Waals surface area contributed by atoms with E-state index in [1.165, 1.54) is 6.07 Å². The van der Waals surface area contributed by atoms with E-state index >= 15 is 0 Å². The third-order valence-electron chi connectivity index (χ3n) is 2.87. The van der Waals surface area contributed by atoms with Crippen molar-refractivity contribution in [2.24, 2.45) is 0 Å². The van der Waals surface area contributed by atoms with Crippen LogP contribution in [0.2, 0.25) is 5.02 Å². The number of nitro groups is 1. The molecule has 2 aromatic rings. The van der Waals surface area contributed by atoms with Crippen molar-refractivity contribution < 1.29 is 14.8 Å². The third-order valence-corrected chi connectivity index (χ3v) is 3.28. The Morgan fingerprint density at radius 2 is 2.00 bits per heavy atom. The third kappa shape index (κ3) is 3.29. The predicted molar refractivity (Wildman–Crippen MR) is 78.9 cm³/mol. The second kappa shape index (κ2) is 5.80. The molecule has 0 aliphatic heterocycles. The number of nitrogens with zero attached hydrogens (tertiary/aromatic N) is 1. The van der Waals surface area contributed by atoms with Crippen LogP contribution >= 0.6 is 11.6 Å². The zero-order valence-corrected chi connectivity index (χ0v) is 11.7. The van der Waals surface area contributed by atoms with Crippen LogP contribution < -0.4 is 5.32 Å². The van der Waals surface area contributed by atoms with Crippen LogP contribution in [0.4, 0.5) is 11.4 Å². The highest BCUT2D eigenvalue weighted by molar-refractivity contribution is 6.31. The molecule has 21 heavy (non-hydrogen) atoms. The van der Waals surface area contributed by atoms with Gasteiger partial charge in [-0.2, -0.15) is 0 Å². The summed E-state index contributed by atoms with van der Waals surface area (Å²) in [4.78, 5) is 22.1. The molecule has 108 valence electrons. The van der Waals surface area contributed by atoms with Gasteiger partial charge in [0.25, 0.3) is 11.6 Å². The number of hydrogen-bond donors (Lipinski definition) is 2. The van der Waals surface area contributed by atoms with Crippen molar-refractivity contribution >= 4 is 28.9 Å². The topological polar surface area (TPSA) is 92.5 Å². The van der Waals surface area contributed by atoms with E-state index in [0.29, 0.717) is 5.02 Å². The Hall–Kier alpha value is -2.60. The Kier molecular flexibility index (Phi) is 4.09. The van der Waals surface area contributed by atoms with Crippen LogP contribution in [0.1, 0.15) is 15.9 Å². The average Bonchev–Trinajstić information content (AvgIpc) is 2.43. The summed E-state index contributed by atoms with van der Waals surface area (Å²) in [6, 6.07) is 8.13. The van der Waals surface area contributed by atoms with Gasteiger partial charge in [0.05, 0.1) is 10.6 Å². The molecule has 0 heterocycles. The van der Waals surface area contributed by atoms with Gasteiger partial charge in [0, 0.05) is 22.7 Å². The van der Waals surface area contributed by atoms with Crippen LogP contribution in [0.25, 0.3) is 0 Å². The zero-order chi connectivity index (χ0) is 15.6. The number of aryl methyl sites for hydroxylation is 1. The van der Waals surface area contributed by atoms with Gasteiger partial charge in [0.15, 0.2) is 0 Å². The lowest BCUT2D eigenvalue weighted by Crippen LogP contribution is -2.12. The first-order valence-electron chi connectivity index (χ1n) is 5.93. The van der Waals surface area contributed by atoms with Gasteiger partial charge >= 0.3 is 0 Å². The van der Waals surface area contributed by atoms with Gasteiger partial charge < -0.3 is 10.4 Å². The summed E-state index contributed by atoms with van der Waals surface area (Å²) >= 11 is 5.94. The van der Waals surface area contributed by atoms with Crippen LogP contribution in [0, 0.1) is 17.0 Å². The number of phenols is 1. The molecule has 7 heteroatoms. The number of nitrogens with one attached hydrogen (secondary N) is 1. The minimum atomic E-state index is -0.613. The van der Waals surface area contributed by atoms with Gasteiger partial charge in [-0.1, -0.05) is 17.7 Å². The van der Waals surface area contributed by atoms with Gasteiger partial charge in [0.1, 0.15) is 5.75 Å². The first-order chi connectivity index (χ1) is 9.88. The minimum absolute atomic E-state index is 0.0362. The summed E-state index contributed by atoms with van der Waals surface area (Å²) in [5.74, 6) is -0.778. The predicted octanol–water partition coefficient (Wildman–Crippen LogP) is 3.51. The number of anilines is 1. The first-order valence-corrected chi connectivity index (χ1v) is 6.31. The quantitative estimate of drug-likeness (QED) is 0.515. The van der Waals surface area contributed by atoms with Crippen molar-refractivity contribution in [3.63, 3.8) is 0 Å². The summed E-state index contributed by atoms with van der Waals surface area (Å²) in [5, 5.41) is 23.2. The Morgan fingerprint density at radius 1 is 1.29 bits per heavy atom. The largest absolute Gasteiger partial charge is 0.506 e. The molecule has 0 fully saturated rings. The maximum Gasteiger partial charge on any atom is 0.271 e. The molecule has 0 saturated heterocycles. The SMILES string of the molecule is Cc1ccc(C(=O)Nc2cc([N+](=O)[O-])ccc2O)cc1Cl. The molecule has 0 spiro atoms. The molecule has 2 N–H and O–H groups in total. The molecule has 0 aliphatic carbocycles. The van der Waals surface area contributed by atoms with Crippen molar-refractivity contribution in [2.45, 2.75) is 6.92 Å². The molecule has 0 aliphatic rings. The molecule has 0 aromatic heterocycles. The van der Waals surface area contributed by atoms with Crippen LogP contribution in [0.15, 0.2) is 36.4 Å². The maximum atomic E-state index is 12.1. The minimum Gasteiger partial charge on any atom is -0.506 e. The molecular weight excluding hydrogens is 296 g/mol. The summed E-state index contributed by atoms with van der Waals surface area (Å²) in [7, 11) is 0. The lowest BCUT2D eigenvalue weighted by molar-refractivity contribution is -0.384. The summed E-state index contributed by atoms with van der Waals surface area (Å²) in [5.41, 5.74) is 0.846. The van der Waals surface area contributed by atoms with E-state index in [2.05, 4.69) is 5.32 Å². The van der Waals surface area contributed by atoms with Gasteiger partial charge in [-0.15, -0.1) is 0 Å². The number of hydrogen-bond acceptors (Lipinski definition) is 4. The molecule has 0 unspecified atom stereocenters. The zero-order valence-electron chi connectivity index (χ0n) is 11.0. The van der Waals surface area contributed by atoms with Gasteiger partial charge in [-0.05, 0) is 30.7 Å². The number of phenolic OH excluding ortho intramolecular Hbond substituents is 1. The van der Waals surface area contributed by atoms with E-state index in [1.807, 2.05) is 0 Å². The number of benzene rings is 2. The molecule has 0 atom stereocenters. The number of carbonyl (C=O) groups excluding carboxylic acids is 1. The fraction of sp³-hybridized carbons (Fsp3) is 0.0714. The Balaban J connectivity index is 2.28. The molecule has 0 bridgehead atoms. The van der Waals surface area contributed by atoms with Crippen LogP contribution in [0.5, 0.6) is 5.75 Å². The van der Waals surface area contributed by atoms with Crippen molar-refractivity contribution in [2.75, 3.05) is 5.32 Å². The van der Waals surface area contributed by atoms with Crippen molar-refractivity contribution in [3.8, 4) is 5.75 Å². The van der Waals surface area contributed by atoms with Gasteiger partial charge in [-0.3, -0.25) is 14.9 Å². The number of amides is 1. The summed E-state index contributed by atoms with van der Waals surface area (Å²) in [6.45, 7) is 1.80. The molecule has 2 rings (SSSR count). The number of aromatic hydroxyl groups is 1. The molecule has 0 radical (unpaired) electrons. The summed E-state index contributed by atoms with van der Waals surface area (Å²) < 4.78 is 0. The highest BCUT2D eigenvalue weighted by Crippen LogP contribution is 2.28. The first kappa shape index (κ1) is 14.8. The fourth-order valence-corrected chi connectivity index (χ4v) is 1.85. The van der Waals surface area contributed by atoms with Crippen molar-refractivity contribution in [3.05, 3.63) is 62.7 Å². The van der Waals surface area contributed by atoms with Crippen LogP contribution in [-0.2, 0) is 0 Å². The fourth-order valence-electron chi connectivity index (χ4n) is 1.67. The monoisotopic (exact) mass is 306 g/mol. The number of rotatable bonds is 3. The Bertz CT molecular complexity index is 731. The number of carbonyl (C=O) groups is 1. The maximum absolute atomic E-state index is 12.1. The van der Waals surface area contributed by atoms with Crippen molar-refractivity contribution in [1.82, 2.24) is 0 Å². The van der Waals surface area contributed by atoms with E-state index in [-0.39, 0.29) is 22.7 Å². The Labute approximate surface area is 125 Å². The molecule has 1 amide bonds. The second-order valence-electron chi connectivity index (χ2n) is 4.38. The smallest absolute Gasteiger partial charge is 0.271 e. The van der Waals surface area contributed by atoms with Gasteiger partial charge in [-0.25, -0.2) is 0 Å². The number of halogens is 1. The van der Waals surface area contributed by atoms with Crippen LogP contribution in [0.3, 0.4) is 0 Å². The standard InChI is InChI=1S/C14H11ClN2O4/c1-8-2-3-9(6-11(8)15)14(19)16-12-7-10(17(20)21)4-5-13(12)18/h2-7,18H,1H3,(H,16,19). The highest BCUT2D eigenvalue weighted by Gasteiger charge is 2.14. The highest BCUT2D eigenvalue weighted by atomic mass is 35.5. The van der Waals surface area contributed by atoms with E-state index in [4.69, 9.17) is 11.6 Å². The lowest BCUT2D eigenvalue weighted by Gasteiger charge is -2.08. The number of nitro benzene ring substituents is 1. The van der Waals surface area contributed by atoms with Crippen LogP contribution in [-0.4, -0.2) is 15.9 Å². The normalized spacial score (nSPS) is 10.2. The number of non-ortho nitro benzene ring substituents is 1. The molecule has 0 saturated carbocycles. The van der Waals surface area contributed by atoms with E-state index < -0.39 is 10.8 Å². The van der Waals surface area contributed by atoms with Gasteiger partial charge in [0.2, 0.25) is 0 Å². The molecule has 6 nitrogen and oxygen atoms in total. The van der Waals surface area contributed by atoms with E-state index in [1.54, 1.807) is 19.1 Å². The van der Waals surface area contributed by atoms with E-state index in [9.17, 15) is 20.0 Å². The Morgan fingerprint density at radius 3 is 2.62 bits per heavy atom. The second-order valence-corrected chi connectivity index (χ2v) is 4.78. The van der Waals surface area contributed by atoms with Crippen molar-refractivity contribution in [1.29, 1.82) is 0 Å². The average molecular weight is 307 g/mol. The van der Waals surface area contributed by atoms with E-state index in [0.717, 1.165) is 23.8 Å².